The average Bonchev–Trinajstić information content (AvgIpc) is 3.00. The normalized spacial score (nSPS) is 41.7. The fourth-order valence-corrected chi connectivity index (χ4v) is 5.16. The predicted molar refractivity (Wildman–Crippen MR) is 77.4 cm³/mol. The van der Waals surface area contributed by atoms with E-state index in [1.54, 1.807) is 0 Å². The van der Waals surface area contributed by atoms with Gasteiger partial charge >= 0.3 is 0 Å². The molecule has 0 aliphatic heterocycles. The summed E-state index contributed by atoms with van der Waals surface area (Å²) in [5, 5.41) is 11.6. The van der Waals surface area contributed by atoms with E-state index >= 15 is 0 Å². The Kier molecular flexibility index (Phi) is 3.33. The van der Waals surface area contributed by atoms with E-state index in [-0.39, 0.29) is 17.5 Å². The number of carbonyl (C=O) groups excluding carboxylic acids is 1. The summed E-state index contributed by atoms with van der Waals surface area (Å²) in [5.74, 6) is 0.984. The van der Waals surface area contributed by atoms with E-state index < -0.39 is 11.0 Å². The minimum atomic E-state index is -1.21. The van der Waals surface area contributed by atoms with Gasteiger partial charge in [-0.05, 0) is 38.8 Å². The van der Waals surface area contributed by atoms with Gasteiger partial charge in [0.05, 0.1) is 19.6 Å². The molecule has 0 aromatic rings. The number of fused-ring (bicyclic) bond motifs is 3. The molecule has 0 amide bonds. The van der Waals surface area contributed by atoms with Crippen molar-refractivity contribution in [1.29, 1.82) is 0 Å². The number of rotatable bonds is 4. The van der Waals surface area contributed by atoms with Gasteiger partial charge in [-0.1, -0.05) is 12.8 Å². The number of carbonyl (C=O) groups is 1. The van der Waals surface area contributed by atoms with Crippen LogP contribution in [0.5, 0.6) is 0 Å². The second-order valence-corrected chi connectivity index (χ2v) is 6.98. The van der Waals surface area contributed by atoms with Crippen molar-refractivity contribution in [1.82, 2.24) is 4.90 Å². The third-order valence-electron chi connectivity index (χ3n) is 5.72. The quantitative estimate of drug-likeness (QED) is 0.844. The number of ketones is 1. The van der Waals surface area contributed by atoms with E-state index in [1.165, 1.54) is 14.2 Å². The number of hydrogen-bond donors (Lipinski definition) is 1. The van der Waals surface area contributed by atoms with Crippen LogP contribution in [-0.4, -0.2) is 56.3 Å². The molecule has 0 spiro atoms. The van der Waals surface area contributed by atoms with E-state index in [2.05, 4.69) is 0 Å². The Morgan fingerprint density at radius 3 is 2.57 bits per heavy atom. The van der Waals surface area contributed by atoms with Crippen molar-refractivity contribution in [3.8, 4) is 0 Å². The molecule has 2 saturated carbocycles. The third-order valence-corrected chi connectivity index (χ3v) is 5.72. The summed E-state index contributed by atoms with van der Waals surface area (Å²) in [4.78, 5) is 15.0. The topological polar surface area (TPSA) is 59.0 Å². The molecule has 0 heterocycles. The first-order valence-corrected chi connectivity index (χ1v) is 7.67. The van der Waals surface area contributed by atoms with Crippen molar-refractivity contribution in [2.75, 3.05) is 34.9 Å². The van der Waals surface area contributed by atoms with Gasteiger partial charge < -0.3 is 19.5 Å². The predicted octanol–water partition coefficient (Wildman–Crippen LogP) is 1.17. The first-order chi connectivity index (χ1) is 9.92. The summed E-state index contributed by atoms with van der Waals surface area (Å²) in [6.45, 7) is 0.523. The summed E-state index contributed by atoms with van der Waals surface area (Å²) in [6, 6.07) is 0. The number of aliphatic hydroxyl groups is 1. The molecule has 118 valence electrons. The molecule has 0 bridgehead atoms. The van der Waals surface area contributed by atoms with Crippen LogP contribution < -0.4 is 0 Å². The van der Waals surface area contributed by atoms with Gasteiger partial charge in [-0.3, -0.25) is 4.79 Å². The Bertz CT molecular complexity index is 501. The molecule has 0 unspecified atom stereocenters. The first-order valence-electron chi connectivity index (χ1n) is 7.67. The zero-order valence-electron chi connectivity index (χ0n) is 13.3. The Morgan fingerprint density at radius 1 is 1.29 bits per heavy atom. The van der Waals surface area contributed by atoms with Crippen molar-refractivity contribution in [2.24, 2.45) is 17.3 Å². The fourth-order valence-electron chi connectivity index (χ4n) is 5.16. The van der Waals surface area contributed by atoms with Crippen LogP contribution in [0.3, 0.4) is 0 Å². The van der Waals surface area contributed by atoms with E-state index in [0.717, 1.165) is 25.7 Å². The Balaban J connectivity index is 2.16. The smallest absolute Gasteiger partial charge is 0.211 e. The number of hydrogen-bond acceptors (Lipinski definition) is 5. The molecule has 2 fully saturated rings. The molecule has 0 aromatic carbocycles. The van der Waals surface area contributed by atoms with Crippen LogP contribution in [0.25, 0.3) is 0 Å². The second-order valence-electron chi connectivity index (χ2n) is 6.98. The highest BCUT2D eigenvalue weighted by molar-refractivity contribution is 6.04. The molecular formula is C16H25NO4. The Morgan fingerprint density at radius 2 is 2.00 bits per heavy atom. The minimum absolute atomic E-state index is 0.0903. The van der Waals surface area contributed by atoms with E-state index in [9.17, 15) is 9.90 Å². The van der Waals surface area contributed by atoms with Gasteiger partial charge in [0.25, 0.3) is 0 Å². The number of allylic oxidation sites excluding steroid dienone is 1. The Labute approximate surface area is 125 Å². The monoisotopic (exact) mass is 295 g/mol. The molecular weight excluding hydrogens is 270 g/mol. The first kappa shape index (κ1) is 14.9. The number of methoxy groups -OCH3 is 2. The van der Waals surface area contributed by atoms with Crippen LogP contribution in [0, 0.1) is 17.3 Å². The summed E-state index contributed by atoms with van der Waals surface area (Å²) in [5.41, 5.74) is -2.03. The zero-order valence-corrected chi connectivity index (χ0v) is 13.3. The van der Waals surface area contributed by atoms with Crippen LogP contribution >= 0.6 is 0 Å². The lowest BCUT2D eigenvalue weighted by Gasteiger charge is -2.40. The molecule has 3 rings (SSSR count). The molecule has 5 nitrogen and oxygen atoms in total. The van der Waals surface area contributed by atoms with Crippen LogP contribution in [0.1, 0.15) is 25.7 Å². The van der Waals surface area contributed by atoms with Crippen LogP contribution in [0.4, 0.5) is 0 Å². The van der Waals surface area contributed by atoms with Crippen LogP contribution in [0.15, 0.2) is 11.5 Å². The molecule has 1 N–H and O–H groups in total. The van der Waals surface area contributed by atoms with Crippen LogP contribution in [-0.2, 0) is 14.3 Å². The number of ether oxygens (including phenoxy) is 2. The molecule has 5 heteroatoms. The summed E-state index contributed by atoms with van der Waals surface area (Å²) in [7, 11) is 6.88. The fraction of sp³-hybridized carbons (Fsp3) is 0.812. The van der Waals surface area contributed by atoms with E-state index in [4.69, 9.17) is 9.47 Å². The molecule has 0 radical (unpaired) electrons. The maximum Gasteiger partial charge on any atom is 0.211 e. The summed E-state index contributed by atoms with van der Waals surface area (Å²) >= 11 is 0. The number of nitrogens with zero attached hydrogens (tertiary/aromatic N) is 1. The molecule has 4 atom stereocenters. The van der Waals surface area contributed by atoms with E-state index in [0.29, 0.717) is 18.2 Å². The van der Waals surface area contributed by atoms with Crippen molar-refractivity contribution < 1.29 is 19.4 Å². The standard InChI is InChI=1S/C16H25NO4/c1-17(2)9-15-8-10-6-5-7-11(10)16(15,19)14(21-4)12(20-3)13(15)18/h10-11,19H,5-9H2,1-4H3/t10-,11+,15-,16+/m1/s1. The highest BCUT2D eigenvalue weighted by Crippen LogP contribution is 2.66. The average molecular weight is 295 g/mol. The summed E-state index contributed by atoms with van der Waals surface area (Å²) in [6.07, 6.45) is 3.89. The van der Waals surface area contributed by atoms with Crippen molar-refractivity contribution >= 4 is 5.78 Å². The molecule has 3 aliphatic rings. The maximum absolute atomic E-state index is 13.0. The molecule has 3 aliphatic carbocycles. The minimum Gasteiger partial charge on any atom is -0.494 e. The van der Waals surface area contributed by atoms with Gasteiger partial charge in [0.15, 0.2) is 5.76 Å². The van der Waals surface area contributed by atoms with Gasteiger partial charge in [0, 0.05) is 6.54 Å². The lowest BCUT2D eigenvalue weighted by Crippen LogP contribution is -2.54. The number of Topliss-reactive ketones (excluding diaryl/α,β-unsaturated/α-hetero) is 1. The largest absolute Gasteiger partial charge is 0.494 e. The zero-order chi connectivity index (χ0) is 15.4. The highest BCUT2D eigenvalue weighted by Gasteiger charge is 2.74. The Hall–Kier alpha value is -1.07. The lowest BCUT2D eigenvalue weighted by atomic mass is 9.71. The molecule has 0 saturated heterocycles. The van der Waals surface area contributed by atoms with Crippen LogP contribution in [0.2, 0.25) is 0 Å². The van der Waals surface area contributed by atoms with Crippen molar-refractivity contribution in [3.05, 3.63) is 11.5 Å². The summed E-state index contributed by atoms with van der Waals surface area (Å²) < 4.78 is 10.8. The van der Waals surface area contributed by atoms with Crippen molar-refractivity contribution in [2.45, 2.75) is 31.3 Å². The van der Waals surface area contributed by atoms with E-state index in [1.807, 2.05) is 19.0 Å². The molecule has 21 heavy (non-hydrogen) atoms. The van der Waals surface area contributed by atoms with Gasteiger partial charge in [-0.15, -0.1) is 0 Å². The second kappa shape index (κ2) is 4.71. The highest BCUT2D eigenvalue weighted by atomic mass is 16.5. The van der Waals surface area contributed by atoms with Gasteiger partial charge in [0.1, 0.15) is 5.60 Å². The van der Waals surface area contributed by atoms with Gasteiger partial charge in [-0.2, -0.15) is 0 Å². The van der Waals surface area contributed by atoms with Gasteiger partial charge in [-0.25, -0.2) is 0 Å². The van der Waals surface area contributed by atoms with Crippen molar-refractivity contribution in [3.63, 3.8) is 0 Å². The third kappa shape index (κ3) is 1.62. The molecule has 0 aromatic heterocycles. The maximum atomic E-state index is 13.0. The van der Waals surface area contributed by atoms with Gasteiger partial charge in [0.2, 0.25) is 11.5 Å². The lowest BCUT2D eigenvalue weighted by molar-refractivity contribution is -0.141. The SMILES string of the molecule is COC1=C(OC)[C@@]2(O)[C@H]3CCC[C@@H]3C[C@@]2(CN(C)C)C1=O.